The Balaban J connectivity index is 1.90. The van der Waals surface area contributed by atoms with Crippen LogP contribution in [-0.2, 0) is 18.3 Å². The molecule has 1 aromatic heterocycles. The van der Waals surface area contributed by atoms with Gasteiger partial charge in [-0.2, -0.15) is 5.10 Å². The minimum absolute atomic E-state index is 0.130. The average molecular weight is 366 g/mol. The molecule has 2 heterocycles. The first-order valence-corrected chi connectivity index (χ1v) is 9.22. The fourth-order valence-corrected chi connectivity index (χ4v) is 3.94. The summed E-state index contributed by atoms with van der Waals surface area (Å²) in [5, 5.41) is 7.53. The molecule has 0 fully saturated rings. The average Bonchev–Trinajstić information content (AvgIpc) is 2.91. The SMILES string of the molecule is C=CC(=O)N1CCCc2c(C(=O)NC(C)c3c(C)nn(C)c3C)cccc21. The van der Waals surface area contributed by atoms with E-state index in [4.69, 9.17) is 0 Å². The molecular weight excluding hydrogens is 340 g/mol. The van der Waals surface area contributed by atoms with E-state index in [0.717, 1.165) is 41.0 Å². The van der Waals surface area contributed by atoms with Crippen molar-refractivity contribution in [3.63, 3.8) is 0 Å². The van der Waals surface area contributed by atoms with Crippen molar-refractivity contribution in [2.24, 2.45) is 7.05 Å². The monoisotopic (exact) mass is 366 g/mol. The standard InChI is InChI=1S/C21H26N4O2/c1-6-19(26)25-12-8-10-16-17(9-7-11-18(16)25)21(27)22-13(2)20-14(3)23-24(5)15(20)4/h6-7,9,11,13H,1,8,10,12H2,2-5H3,(H,22,27). The topological polar surface area (TPSA) is 67.2 Å². The predicted octanol–water partition coefficient (Wildman–Crippen LogP) is 2.99. The van der Waals surface area contributed by atoms with Crippen LogP contribution < -0.4 is 10.2 Å². The first-order chi connectivity index (χ1) is 12.8. The van der Waals surface area contributed by atoms with Crippen molar-refractivity contribution in [3.05, 3.63) is 58.9 Å². The van der Waals surface area contributed by atoms with E-state index in [0.29, 0.717) is 12.1 Å². The third-order valence-electron chi connectivity index (χ3n) is 5.28. The smallest absolute Gasteiger partial charge is 0.252 e. The molecule has 1 N–H and O–H groups in total. The van der Waals surface area contributed by atoms with Gasteiger partial charge in [0.05, 0.1) is 11.7 Å². The third-order valence-corrected chi connectivity index (χ3v) is 5.28. The number of benzene rings is 1. The Morgan fingerprint density at radius 2 is 2.07 bits per heavy atom. The van der Waals surface area contributed by atoms with Gasteiger partial charge in [-0.25, -0.2) is 0 Å². The number of anilines is 1. The lowest BCUT2D eigenvalue weighted by atomic mass is 9.95. The van der Waals surface area contributed by atoms with Gasteiger partial charge in [-0.05, 0) is 57.4 Å². The Hall–Kier alpha value is -2.89. The fraction of sp³-hybridized carbons (Fsp3) is 0.381. The number of aromatic nitrogens is 2. The number of hydrogen-bond acceptors (Lipinski definition) is 3. The Bertz CT molecular complexity index is 913. The Labute approximate surface area is 159 Å². The molecule has 27 heavy (non-hydrogen) atoms. The van der Waals surface area contributed by atoms with Crippen molar-refractivity contribution in [1.82, 2.24) is 15.1 Å². The zero-order valence-corrected chi connectivity index (χ0v) is 16.4. The van der Waals surface area contributed by atoms with Crippen molar-refractivity contribution in [2.75, 3.05) is 11.4 Å². The number of nitrogens with zero attached hydrogens (tertiary/aromatic N) is 3. The highest BCUT2D eigenvalue weighted by Crippen LogP contribution is 2.31. The van der Waals surface area contributed by atoms with Crippen LogP contribution in [0, 0.1) is 13.8 Å². The third kappa shape index (κ3) is 3.39. The molecule has 0 bridgehead atoms. The van der Waals surface area contributed by atoms with Gasteiger partial charge in [0.25, 0.3) is 5.91 Å². The van der Waals surface area contributed by atoms with Crippen LogP contribution >= 0.6 is 0 Å². The minimum atomic E-state index is -0.156. The summed E-state index contributed by atoms with van der Waals surface area (Å²) in [6.07, 6.45) is 2.92. The van der Waals surface area contributed by atoms with Gasteiger partial charge < -0.3 is 10.2 Å². The van der Waals surface area contributed by atoms with Gasteiger partial charge in [-0.3, -0.25) is 14.3 Å². The van der Waals surface area contributed by atoms with E-state index < -0.39 is 0 Å². The van der Waals surface area contributed by atoms with Crippen LogP contribution in [0.5, 0.6) is 0 Å². The molecule has 0 aliphatic carbocycles. The lowest BCUT2D eigenvalue weighted by molar-refractivity contribution is -0.114. The molecule has 1 aliphatic heterocycles. The molecule has 0 spiro atoms. The summed E-state index contributed by atoms with van der Waals surface area (Å²) in [5.41, 5.74) is 5.35. The maximum absolute atomic E-state index is 13.0. The van der Waals surface area contributed by atoms with Gasteiger partial charge in [0.2, 0.25) is 5.91 Å². The molecule has 0 radical (unpaired) electrons. The van der Waals surface area contributed by atoms with Gasteiger partial charge in [-0.15, -0.1) is 0 Å². The van der Waals surface area contributed by atoms with Gasteiger partial charge in [0, 0.05) is 36.1 Å². The van der Waals surface area contributed by atoms with Crippen molar-refractivity contribution < 1.29 is 9.59 Å². The molecule has 1 aliphatic rings. The zero-order valence-electron chi connectivity index (χ0n) is 16.4. The number of carbonyl (C=O) groups excluding carboxylic acids is 2. The zero-order chi connectivity index (χ0) is 19.7. The first-order valence-electron chi connectivity index (χ1n) is 9.22. The van der Waals surface area contributed by atoms with E-state index >= 15 is 0 Å². The summed E-state index contributed by atoms with van der Waals surface area (Å²) in [6, 6.07) is 5.39. The van der Waals surface area contributed by atoms with Crippen LogP contribution in [0.4, 0.5) is 5.69 Å². The van der Waals surface area contributed by atoms with Gasteiger partial charge >= 0.3 is 0 Å². The number of aryl methyl sites for hydroxylation is 2. The van der Waals surface area contributed by atoms with E-state index in [2.05, 4.69) is 17.0 Å². The molecule has 142 valence electrons. The Morgan fingerprint density at radius 1 is 1.33 bits per heavy atom. The van der Waals surface area contributed by atoms with Crippen LogP contribution in [0.1, 0.15) is 52.3 Å². The van der Waals surface area contributed by atoms with Crippen LogP contribution in [0.15, 0.2) is 30.9 Å². The van der Waals surface area contributed by atoms with Gasteiger partial charge in [0.15, 0.2) is 0 Å². The van der Waals surface area contributed by atoms with E-state index in [1.54, 1.807) is 4.90 Å². The summed E-state index contributed by atoms with van der Waals surface area (Å²) in [4.78, 5) is 26.9. The predicted molar refractivity (Wildman–Crippen MR) is 106 cm³/mol. The molecule has 2 amide bonds. The highest BCUT2D eigenvalue weighted by Gasteiger charge is 2.26. The largest absolute Gasteiger partial charge is 0.345 e. The molecule has 1 aromatic carbocycles. The highest BCUT2D eigenvalue weighted by atomic mass is 16.2. The lowest BCUT2D eigenvalue weighted by Crippen LogP contribution is -2.36. The maximum atomic E-state index is 13.0. The van der Waals surface area contributed by atoms with Crippen LogP contribution in [0.25, 0.3) is 0 Å². The number of fused-ring (bicyclic) bond motifs is 1. The van der Waals surface area contributed by atoms with Crippen molar-refractivity contribution >= 4 is 17.5 Å². The minimum Gasteiger partial charge on any atom is -0.345 e. The second-order valence-corrected chi connectivity index (χ2v) is 7.00. The molecule has 3 rings (SSSR count). The van der Waals surface area contributed by atoms with Crippen molar-refractivity contribution in [2.45, 2.75) is 39.7 Å². The van der Waals surface area contributed by atoms with Crippen molar-refractivity contribution in [1.29, 1.82) is 0 Å². The summed E-state index contributed by atoms with van der Waals surface area (Å²) in [6.45, 7) is 10.1. The van der Waals surface area contributed by atoms with Crippen LogP contribution in [0.3, 0.4) is 0 Å². The number of amides is 2. The molecule has 6 heteroatoms. The second-order valence-electron chi connectivity index (χ2n) is 7.00. The maximum Gasteiger partial charge on any atom is 0.252 e. The number of nitrogens with one attached hydrogen (secondary N) is 1. The van der Waals surface area contributed by atoms with Gasteiger partial charge in [0.1, 0.15) is 0 Å². The molecule has 1 atom stereocenters. The van der Waals surface area contributed by atoms with Crippen LogP contribution in [0.2, 0.25) is 0 Å². The Kier molecular flexibility index (Phi) is 5.17. The second kappa shape index (κ2) is 7.39. The van der Waals surface area contributed by atoms with E-state index in [1.165, 1.54) is 6.08 Å². The molecule has 0 saturated carbocycles. The molecular formula is C21H26N4O2. The summed E-state index contributed by atoms with van der Waals surface area (Å²) in [5.74, 6) is -0.265. The summed E-state index contributed by atoms with van der Waals surface area (Å²) >= 11 is 0. The number of carbonyl (C=O) groups is 2. The number of rotatable bonds is 4. The summed E-state index contributed by atoms with van der Waals surface area (Å²) in [7, 11) is 1.90. The van der Waals surface area contributed by atoms with Crippen LogP contribution in [-0.4, -0.2) is 28.1 Å². The fourth-order valence-electron chi connectivity index (χ4n) is 3.94. The first kappa shape index (κ1) is 18.9. The Morgan fingerprint density at radius 3 is 2.70 bits per heavy atom. The molecule has 1 unspecified atom stereocenters. The van der Waals surface area contributed by atoms with E-state index in [1.807, 2.05) is 50.7 Å². The summed E-state index contributed by atoms with van der Waals surface area (Å²) < 4.78 is 1.83. The van der Waals surface area contributed by atoms with Crippen molar-refractivity contribution in [3.8, 4) is 0 Å². The quantitative estimate of drug-likeness (QED) is 0.846. The lowest BCUT2D eigenvalue weighted by Gasteiger charge is -2.30. The van der Waals surface area contributed by atoms with E-state index in [-0.39, 0.29) is 17.9 Å². The number of hydrogen-bond donors (Lipinski definition) is 1. The molecule has 6 nitrogen and oxygen atoms in total. The van der Waals surface area contributed by atoms with Gasteiger partial charge in [-0.1, -0.05) is 12.6 Å². The van der Waals surface area contributed by atoms with E-state index in [9.17, 15) is 9.59 Å². The highest BCUT2D eigenvalue weighted by molar-refractivity contribution is 6.04. The molecule has 0 saturated heterocycles. The normalized spacial score (nSPS) is 14.4. The molecule has 2 aromatic rings.